The maximum Gasteiger partial charge on any atom is 0.134 e. The van der Waals surface area contributed by atoms with Gasteiger partial charge in [-0.05, 0) is 70.1 Å². The lowest BCUT2D eigenvalue weighted by Crippen LogP contribution is -2.31. The Bertz CT molecular complexity index is 3000. The van der Waals surface area contributed by atoms with E-state index in [1.54, 1.807) is 0 Å². The Morgan fingerprint density at radius 1 is 0.473 bits per heavy atom. The number of rotatable bonds is 5. The van der Waals surface area contributed by atoms with E-state index >= 15 is 0 Å². The van der Waals surface area contributed by atoms with Gasteiger partial charge in [0.2, 0.25) is 0 Å². The molecule has 0 aliphatic carbocycles. The largest absolute Gasteiger partial charge is 0.359 e. The minimum atomic E-state index is -0.0419. The molecule has 0 bridgehead atoms. The molecular weight excluding hydrogens is 707 g/mol. The molecular formula is C50H33N3S2. The number of nitrogens with zero attached hydrogens (tertiary/aromatic N) is 2. The van der Waals surface area contributed by atoms with E-state index in [4.69, 9.17) is 4.99 Å². The van der Waals surface area contributed by atoms with Gasteiger partial charge in [0.15, 0.2) is 0 Å². The molecule has 260 valence electrons. The summed E-state index contributed by atoms with van der Waals surface area (Å²) in [7, 11) is 0. The molecule has 0 fully saturated rings. The summed E-state index contributed by atoms with van der Waals surface area (Å²) in [5.41, 5.74) is 10.4. The highest BCUT2D eigenvalue weighted by atomic mass is 32.2. The summed E-state index contributed by atoms with van der Waals surface area (Å²) in [6.45, 7) is 0. The van der Waals surface area contributed by atoms with Crippen LogP contribution in [0.25, 0.3) is 55.1 Å². The van der Waals surface area contributed by atoms with Crippen molar-refractivity contribution in [2.24, 2.45) is 4.99 Å². The van der Waals surface area contributed by atoms with Gasteiger partial charge in [0, 0.05) is 42.1 Å². The third kappa shape index (κ3) is 5.58. The topological polar surface area (TPSA) is 29.3 Å². The molecule has 1 atom stereocenters. The van der Waals surface area contributed by atoms with Gasteiger partial charge < -0.3 is 9.88 Å². The summed E-state index contributed by atoms with van der Waals surface area (Å²) < 4.78 is 2.51. The van der Waals surface area contributed by atoms with Crippen molar-refractivity contribution >= 4 is 67.6 Å². The van der Waals surface area contributed by atoms with E-state index in [0.717, 1.165) is 28.3 Å². The van der Waals surface area contributed by atoms with Gasteiger partial charge in [0.25, 0.3) is 0 Å². The van der Waals surface area contributed by atoms with E-state index in [-0.39, 0.29) is 6.04 Å². The molecule has 5 heteroatoms. The predicted octanol–water partition coefficient (Wildman–Crippen LogP) is 13.4. The Kier molecular flexibility index (Phi) is 7.75. The number of amidine groups is 1. The normalized spacial score (nSPS) is 14.9. The zero-order valence-electron chi connectivity index (χ0n) is 29.7. The fraction of sp³-hybridized carbons (Fsp3) is 0.0200. The minimum Gasteiger partial charge on any atom is -0.359 e. The standard InChI is InChI=1S/C50H33N3S2/c1-3-13-34(14-4-1)42-31-43(52-50(51-42)35-15-5-2-6-16-35)37-18-11-17-36(30-37)32-22-25-38(26-23-32)53-47-39-19-8-7-12-33(39)24-27-40(47)41-28-29-46-49(48(41)53)55-45-21-10-9-20-44(45)54-46/h1-31,43H,(H,51,52). The lowest BCUT2D eigenvalue weighted by molar-refractivity contribution is 0.781. The summed E-state index contributed by atoms with van der Waals surface area (Å²) in [5.74, 6) is 0.877. The summed E-state index contributed by atoms with van der Waals surface area (Å²) in [6.07, 6.45) is 2.24. The van der Waals surface area contributed by atoms with Crippen molar-refractivity contribution in [1.82, 2.24) is 9.88 Å². The van der Waals surface area contributed by atoms with Crippen molar-refractivity contribution < 1.29 is 0 Å². The Labute approximate surface area is 328 Å². The van der Waals surface area contributed by atoms with Crippen molar-refractivity contribution in [3.8, 4) is 16.8 Å². The molecule has 11 rings (SSSR count). The summed E-state index contributed by atoms with van der Waals surface area (Å²) in [5, 5.41) is 8.80. The van der Waals surface area contributed by atoms with E-state index in [9.17, 15) is 0 Å². The maximum absolute atomic E-state index is 5.07. The number of aliphatic imine (C=N–C) groups is 1. The molecule has 2 aliphatic heterocycles. The Morgan fingerprint density at radius 3 is 1.96 bits per heavy atom. The second kappa shape index (κ2) is 13.2. The maximum atomic E-state index is 5.07. The first-order valence-electron chi connectivity index (χ1n) is 18.6. The van der Waals surface area contributed by atoms with Gasteiger partial charge in [-0.25, -0.2) is 4.99 Å². The molecule has 2 aliphatic rings. The first-order chi connectivity index (χ1) is 27.2. The van der Waals surface area contributed by atoms with Crippen LogP contribution >= 0.6 is 23.5 Å². The second-order valence-corrected chi connectivity index (χ2v) is 16.1. The van der Waals surface area contributed by atoms with Gasteiger partial charge >= 0.3 is 0 Å². The molecule has 0 spiro atoms. The van der Waals surface area contributed by atoms with Crippen LogP contribution in [0.2, 0.25) is 0 Å². The van der Waals surface area contributed by atoms with Gasteiger partial charge in [0.1, 0.15) is 5.84 Å². The van der Waals surface area contributed by atoms with E-state index in [1.807, 2.05) is 35.7 Å². The highest BCUT2D eigenvalue weighted by Crippen LogP contribution is 2.53. The Morgan fingerprint density at radius 2 is 1.15 bits per heavy atom. The SMILES string of the molecule is C1=C(c2ccccc2)N=C(c2ccccc2)NC1c1cccc(-c2ccc(-n3c4c5c(ccc4c4ccc6ccccc6c43)Sc3ccccc3S5)cc2)c1. The number of nitrogens with one attached hydrogen (secondary N) is 1. The van der Waals surface area contributed by atoms with Gasteiger partial charge in [-0.15, -0.1) is 0 Å². The van der Waals surface area contributed by atoms with Gasteiger partial charge in [0.05, 0.1) is 27.7 Å². The molecule has 0 radical (unpaired) electrons. The molecule has 0 saturated carbocycles. The van der Waals surface area contributed by atoms with Crippen LogP contribution in [-0.4, -0.2) is 10.4 Å². The number of aromatic nitrogens is 1. The van der Waals surface area contributed by atoms with Crippen molar-refractivity contribution in [2.75, 3.05) is 0 Å². The van der Waals surface area contributed by atoms with Gasteiger partial charge in [-0.1, -0.05) is 169 Å². The molecule has 1 aromatic heterocycles. The first-order valence-corrected chi connectivity index (χ1v) is 20.2. The van der Waals surface area contributed by atoms with Crippen LogP contribution < -0.4 is 5.32 Å². The highest BCUT2D eigenvalue weighted by molar-refractivity contribution is 8.05. The van der Waals surface area contributed by atoms with Crippen molar-refractivity contribution in [3.05, 3.63) is 205 Å². The van der Waals surface area contributed by atoms with E-state index in [0.29, 0.717) is 0 Å². The fourth-order valence-electron chi connectivity index (χ4n) is 8.05. The lowest BCUT2D eigenvalue weighted by Gasteiger charge is -2.25. The van der Waals surface area contributed by atoms with Crippen LogP contribution in [0, 0.1) is 0 Å². The molecule has 0 amide bonds. The third-order valence-corrected chi connectivity index (χ3v) is 13.3. The minimum absolute atomic E-state index is 0.0419. The van der Waals surface area contributed by atoms with Crippen LogP contribution in [0.4, 0.5) is 0 Å². The quantitative estimate of drug-likeness (QED) is 0.191. The van der Waals surface area contributed by atoms with E-state index in [2.05, 4.69) is 186 Å². The first kappa shape index (κ1) is 32.2. The molecule has 55 heavy (non-hydrogen) atoms. The second-order valence-electron chi connectivity index (χ2n) is 14.0. The van der Waals surface area contributed by atoms with Gasteiger partial charge in [-0.2, -0.15) is 0 Å². The molecule has 1 N–H and O–H groups in total. The smallest absolute Gasteiger partial charge is 0.134 e. The number of fused-ring (bicyclic) bond motifs is 8. The third-order valence-electron chi connectivity index (χ3n) is 10.7. The molecule has 9 aromatic rings. The average Bonchev–Trinajstić information content (AvgIpc) is 3.62. The fourth-order valence-corrected chi connectivity index (χ4v) is 10.4. The monoisotopic (exact) mass is 739 g/mol. The van der Waals surface area contributed by atoms with Crippen molar-refractivity contribution in [1.29, 1.82) is 0 Å². The molecule has 1 unspecified atom stereocenters. The number of hydrogen-bond acceptors (Lipinski definition) is 4. The molecule has 8 aromatic carbocycles. The van der Waals surface area contributed by atoms with Gasteiger partial charge in [-0.3, -0.25) is 0 Å². The number of hydrogen-bond donors (Lipinski definition) is 1. The van der Waals surface area contributed by atoms with Crippen molar-refractivity contribution in [3.63, 3.8) is 0 Å². The zero-order chi connectivity index (χ0) is 36.3. The van der Waals surface area contributed by atoms with Crippen LogP contribution in [-0.2, 0) is 0 Å². The van der Waals surface area contributed by atoms with Crippen molar-refractivity contribution in [2.45, 2.75) is 25.6 Å². The predicted molar refractivity (Wildman–Crippen MR) is 232 cm³/mol. The zero-order valence-corrected chi connectivity index (χ0v) is 31.3. The Balaban J connectivity index is 1.02. The molecule has 3 heterocycles. The highest BCUT2D eigenvalue weighted by Gasteiger charge is 2.25. The van der Waals surface area contributed by atoms with Crippen LogP contribution in [0.5, 0.6) is 0 Å². The van der Waals surface area contributed by atoms with Crippen LogP contribution in [0.15, 0.2) is 213 Å². The molecule has 0 saturated heterocycles. The molecule has 3 nitrogen and oxygen atoms in total. The summed E-state index contributed by atoms with van der Waals surface area (Å²) in [4.78, 5) is 10.3. The Hall–Kier alpha value is -6.27. The summed E-state index contributed by atoms with van der Waals surface area (Å²) in [6, 6.07) is 65.6. The average molecular weight is 740 g/mol. The number of benzene rings is 8. The van der Waals surface area contributed by atoms with E-state index in [1.165, 1.54) is 68.9 Å². The van der Waals surface area contributed by atoms with Crippen LogP contribution in [0.1, 0.15) is 22.7 Å². The van der Waals surface area contributed by atoms with E-state index < -0.39 is 0 Å². The lowest BCUT2D eigenvalue weighted by atomic mass is 9.96. The summed E-state index contributed by atoms with van der Waals surface area (Å²) >= 11 is 3.77. The van der Waals surface area contributed by atoms with Crippen LogP contribution in [0.3, 0.4) is 0 Å².